The molecule has 0 aliphatic rings. The van der Waals surface area contributed by atoms with Crippen LogP contribution in [0.2, 0.25) is 0 Å². The van der Waals surface area contributed by atoms with Crippen molar-refractivity contribution in [3.05, 3.63) is 16.1 Å². The second kappa shape index (κ2) is 8.65. The Morgan fingerprint density at radius 3 is 2.76 bits per heavy atom. The summed E-state index contributed by atoms with van der Waals surface area (Å²) in [6, 6.07) is 0.612. The van der Waals surface area contributed by atoms with Gasteiger partial charge in [0.2, 0.25) is 0 Å². The van der Waals surface area contributed by atoms with Crippen LogP contribution in [0.3, 0.4) is 0 Å². The van der Waals surface area contributed by atoms with Crippen LogP contribution in [-0.4, -0.2) is 11.0 Å². The lowest BCUT2D eigenvalue weighted by molar-refractivity contribution is 0.482. The summed E-state index contributed by atoms with van der Waals surface area (Å²) in [6.07, 6.45) is 9.81. The third kappa shape index (κ3) is 6.18. The minimum Gasteiger partial charge on any atom is -0.308 e. The molecule has 0 saturated carbocycles. The van der Waals surface area contributed by atoms with Gasteiger partial charge in [-0.2, -0.15) is 0 Å². The average molecular weight is 254 g/mol. The molecule has 1 aromatic heterocycles. The number of thiazole rings is 1. The molecule has 1 heterocycles. The van der Waals surface area contributed by atoms with Crippen molar-refractivity contribution >= 4 is 11.3 Å². The zero-order chi connectivity index (χ0) is 12.5. The summed E-state index contributed by atoms with van der Waals surface area (Å²) in [5.74, 6) is 0. The number of rotatable bonds is 9. The number of aryl methyl sites for hydroxylation is 1. The number of unbranched alkanes of at least 4 members (excludes halogenated alkanes) is 3. The predicted octanol–water partition coefficient (Wildman–Crippen LogP) is 4.15. The number of hydrogen-bond donors (Lipinski definition) is 1. The van der Waals surface area contributed by atoms with Gasteiger partial charge in [-0.05, 0) is 19.8 Å². The van der Waals surface area contributed by atoms with Crippen molar-refractivity contribution in [1.29, 1.82) is 0 Å². The lowest BCUT2D eigenvalue weighted by Gasteiger charge is -2.12. The van der Waals surface area contributed by atoms with Crippen LogP contribution >= 0.6 is 11.3 Å². The SMILES string of the molecule is CCCCCCC(C)NCc1ncc(CC)s1. The summed E-state index contributed by atoms with van der Waals surface area (Å²) in [5.41, 5.74) is 0. The lowest BCUT2D eigenvalue weighted by atomic mass is 10.1. The van der Waals surface area contributed by atoms with Gasteiger partial charge in [0.1, 0.15) is 5.01 Å². The third-order valence-electron chi connectivity index (χ3n) is 3.04. The molecule has 0 aliphatic heterocycles. The van der Waals surface area contributed by atoms with E-state index < -0.39 is 0 Å². The monoisotopic (exact) mass is 254 g/mol. The van der Waals surface area contributed by atoms with Crippen molar-refractivity contribution in [2.75, 3.05) is 0 Å². The fourth-order valence-corrected chi connectivity index (χ4v) is 2.65. The number of aromatic nitrogens is 1. The molecule has 0 bridgehead atoms. The molecule has 0 aromatic carbocycles. The second-order valence-corrected chi connectivity index (χ2v) is 5.90. The predicted molar refractivity (Wildman–Crippen MR) is 76.6 cm³/mol. The van der Waals surface area contributed by atoms with Crippen LogP contribution in [0.25, 0.3) is 0 Å². The van der Waals surface area contributed by atoms with Crippen LogP contribution in [0.5, 0.6) is 0 Å². The van der Waals surface area contributed by atoms with E-state index in [1.807, 2.05) is 17.5 Å². The van der Waals surface area contributed by atoms with Gasteiger partial charge in [0.05, 0.1) is 0 Å². The van der Waals surface area contributed by atoms with E-state index in [1.165, 1.54) is 42.0 Å². The lowest BCUT2D eigenvalue weighted by Crippen LogP contribution is -2.25. The molecule has 0 amide bonds. The highest BCUT2D eigenvalue weighted by Gasteiger charge is 2.04. The van der Waals surface area contributed by atoms with E-state index in [0.717, 1.165) is 13.0 Å². The summed E-state index contributed by atoms with van der Waals surface area (Å²) < 4.78 is 0. The number of nitrogens with one attached hydrogen (secondary N) is 1. The third-order valence-corrected chi connectivity index (χ3v) is 4.18. The first-order chi connectivity index (χ1) is 8.26. The first kappa shape index (κ1) is 14.7. The highest BCUT2D eigenvalue weighted by atomic mass is 32.1. The minimum atomic E-state index is 0.612. The molecule has 1 atom stereocenters. The van der Waals surface area contributed by atoms with E-state index in [1.54, 1.807) is 0 Å². The summed E-state index contributed by atoms with van der Waals surface area (Å²) in [4.78, 5) is 5.81. The zero-order valence-corrected chi connectivity index (χ0v) is 12.3. The van der Waals surface area contributed by atoms with Gasteiger partial charge in [-0.25, -0.2) is 4.98 Å². The summed E-state index contributed by atoms with van der Waals surface area (Å²) in [7, 11) is 0. The minimum absolute atomic E-state index is 0.612. The van der Waals surface area contributed by atoms with Crippen molar-refractivity contribution < 1.29 is 0 Å². The van der Waals surface area contributed by atoms with Crippen LogP contribution in [0.15, 0.2) is 6.20 Å². The smallest absolute Gasteiger partial charge is 0.107 e. The molecule has 1 aromatic rings. The molecule has 98 valence electrons. The van der Waals surface area contributed by atoms with Crippen LogP contribution in [-0.2, 0) is 13.0 Å². The molecule has 1 N–H and O–H groups in total. The molecular formula is C14H26N2S. The van der Waals surface area contributed by atoms with Gasteiger partial charge in [-0.3, -0.25) is 0 Å². The van der Waals surface area contributed by atoms with Crippen LogP contribution < -0.4 is 5.32 Å². The van der Waals surface area contributed by atoms with Gasteiger partial charge in [0.15, 0.2) is 0 Å². The van der Waals surface area contributed by atoms with E-state index in [4.69, 9.17) is 0 Å². The highest BCUT2D eigenvalue weighted by molar-refractivity contribution is 7.11. The molecular weight excluding hydrogens is 228 g/mol. The second-order valence-electron chi connectivity index (χ2n) is 4.71. The maximum absolute atomic E-state index is 4.42. The molecule has 3 heteroatoms. The molecule has 17 heavy (non-hydrogen) atoms. The fraction of sp³-hybridized carbons (Fsp3) is 0.786. The van der Waals surface area contributed by atoms with E-state index in [-0.39, 0.29) is 0 Å². The first-order valence-electron chi connectivity index (χ1n) is 6.93. The van der Waals surface area contributed by atoms with Gasteiger partial charge in [0.25, 0.3) is 0 Å². The Labute approximate surface area is 110 Å². The van der Waals surface area contributed by atoms with Crippen LogP contribution in [0.4, 0.5) is 0 Å². The fourth-order valence-electron chi connectivity index (χ4n) is 1.83. The van der Waals surface area contributed by atoms with Crippen molar-refractivity contribution in [2.24, 2.45) is 0 Å². The Kier molecular flexibility index (Phi) is 7.45. The van der Waals surface area contributed by atoms with Gasteiger partial charge in [0, 0.05) is 23.7 Å². The normalized spacial score (nSPS) is 12.9. The Balaban J connectivity index is 2.12. The maximum Gasteiger partial charge on any atom is 0.107 e. The molecule has 0 aliphatic carbocycles. The molecule has 0 saturated heterocycles. The van der Waals surface area contributed by atoms with Crippen LogP contribution in [0.1, 0.15) is 62.8 Å². The van der Waals surface area contributed by atoms with E-state index >= 15 is 0 Å². The van der Waals surface area contributed by atoms with E-state index in [0.29, 0.717) is 6.04 Å². The van der Waals surface area contributed by atoms with Crippen molar-refractivity contribution in [1.82, 2.24) is 10.3 Å². The van der Waals surface area contributed by atoms with E-state index in [2.05, 4.69) is 31.1 Å². The van der Waals surface area contributed by atoms with Crippen LogP contribution in [0, 0.1) is 0 Å². The largest absolute Gasteiger partial charge is 0.308 e. The number of nitrogens with zero attached hydrogens (tertiary/aromatic N) is 1. The Bertz CT molecular complexity index is 296. The summed E-state index contributed by atoms with van der Waals surface area (Å²) in [5, 5.41) is 4.79. The van der Waals surface area contributed by atoms with Crippen molar-refractivity contribution in [3.8, 4) is 0 Å². The number of hydrogen-bond acceptors (Lipinski definition) is 3. The Hall–Kier alpha value is -0.410. The van der Waals surface area contributed by atoms with Gasteiger partial charge < -0.3 is 5.32 Å². The average Bonchev–Trinajstić information content (AvgIpc) is 2.80. The Morgan fingerprint density at radius 2 is 2.12 bits per heavy atom. The van der Waals surface area contributed by atoms with Gasteiger partial charge in [-0.1, -0.05) is 39.5 Å². The topological polar surface area (TPSA) is 24.9 Å². The van der Waals surface area contributed by atoms with E-state index in [9.17, 15) is 0 Å². The quantitative estimate of drug-likeness (QED) is 0.670. The standard InChI is InChI=1S/C14H26N2S/c1-4-6-7-8-9-12(3)15-11-14-16-10-13(5-2)17-14/h10,12,15H,4-9,11H2,1-3H3. The molecule has 0 radical (unpaired) electrons. The maximum atomic E-state index is 4.42. The molecule has 0 spiro atoms. The van der Waals surface area contributed by atoms with Crippen molar-refractivity contribution in [3.63, 3.8) is 0 Å². The summed E-state index contributed by atoms with van der Waals surface area (Å²) in [6.45, 7) is 7.65. The highest BCUT2D eigenvalue weighted by Crippen LogP contribution is 2.13. The molecule has 2 nitrogen and oxygen atoms in total. The van der Waals surface area contributed by atoms with Gasteiger partial charge in [-0.15, -0.1) is 11.3 Å². The Morgan fingerprint density at radius 1 is 1.29 bits per heavy atom. The molecule has 1 unspecified atom stereocenters. The summed E-state index contributed by atoms with van der Waals surface area (Å²) >= 11 is 1.83. The first-order valence-corrected chi connectivity index (χ1v) is 7.74. The zero-order valence-electron chi connectivity index (χ0n) is 11.5. The molecule has 1 rings (SSSR count). The van der Waals surface area contributed by atoms with Gasteiger partial charge >= 0.3 is 0 Å². The molecule has 0 fully saturated rings. The van der Waals surface area contributed by atoms with Crippen molar-refractivity contribution in [2.45, 2.75) is 71.9 Å².